The van der Waals surface area contributed by atoms with Crippen molar-refractivity contribution in [1.82, 2.24) is 24.7 Å². The van der Waals surface area contributed by atoms with Gasteiger partial charge >= 0.3 is 0 Å². The quantitative estimate of drug-likeness (QED) is 0.174. The summed E-state index contributed by atoms with van der Waals surface area (Å²) in [5, 5.41) is 7.99. The Morgan fingerprint density at radius 2 is 1.61 bits per heavy atom. The fourth-order valence-electron chi connectivity index (χ4n) is 6.18. The largest absolute Gasteiger partial charge is 0.378 e. The highest BCUT2D eigenvalue weighted by molar-refractivity contribution is 7.92. The summed E-state index contributed by atoms with van der Waals surface area (Å²) >= 11 is 0. The minimum absolute atomic E-state index is 0.0187. The Labute approximate surface area is 281 Å². The topological polar surface area (TPSA) is 127 Å². The molecule has 0 atom stereocenters. The SMILES string of the molecule is O=S(=O)(Nc1cccc(-c2nn(C3CCCCC3)cc2-c2ccnc(Nc3ccc(N4CCOCC4)nc3)n2)c1F)c1c(F)cccc1F. The summed E-state index contributed by atoms with van der Waals surface area (Å²) in [5.74, 6) is -2.43. The summed E-state index contributed by atoms with van der Waals surface area (Å²) in [5.41, 5.74) is 1.33. The number of nitrogens with one attached hydrogen (secondary N) is 2. The number of halogens is 3. The molecule has 0 amide bonds. The first kappa shape index (κ1) is 32.5. The van der Waals surface area contributed by atoms with Gasteiger partial charge in [0.05, 0.1) is 42.5 Å². The maximum atomic E-state index is 16.3. The van der Waals surface area contributed by atoms with Crippen molar-refractivity contribution in [3.05, 3.63) is 90.6 Å². The molecule has 4 heterocycles. The second kappa shape index (κ2) is 13.8. The Kier molecular flexibility index (Phi) is 9.19. The lowest BCUT2D eigenvalue weighted by Gasteiger charge is -2.27. The summed E-state index contributed by atoms with van der Waals surface area (Å²) in [6, 6.07) is 12.3. The zero-order valence-electron chi connectivity index (χ0n) is 26.3. The van der Waals surface area contributed by atoms with Gasteiger partial charge in [-0.25, -0.2) is 36.5 Å². The Balaban J connectivity index is 1.22. The minimum Gasteiger partial charge on any atom is -0.378 e. The predicted octanol–water partition coefficient (Wildman–Crippen LogP) is 6.71. The Morgan fingerprint density at radius 3 is 2.35 bits per heavy atom. The highest BCUT2D eigenvalue weighted by Crippen LogP contribution is 2.38. The fraction of sp³-hybridized carbons (Fsp3) is 0.294. The van der Waals surface area contributed by atoms with Crippen molar-refractivity contribution in [2.75, 3.05) is 41.2 Å². The van der Waals surface area contributed by atoms with Crippen LogP contribution in [0.4, 0.5) is 36.3 Å². The van der Waals surface area contributed by atoms with Crippen molar-refractivity contribution in [3.8, 4) is 22.5 Å². The maximum absolute atomic E-state index is 16.3. The van der Waals surface area contributed by atoms with Gasteiger partial charge in [-0.15, -0.1) is 0 Å². The normalized spacial score (nSPS) is 15.7. The number of nitrogens with zero attached hydrogens (tertiary/aromatic N) is 6. The summed E-state index contributed by atoms with van der Waals surface area (Å²) in [6.07, 6.45) is 10.1. The first-order chi connectivity index (χ1) is 23.8. The van der Waals surface area contributed by atoms with Crippen LogP contribution in [0.2, 0.25) is 0 Å². The van der Waals surface area contributed by atoms with Crippen molar-refractivity contribution in [1.29, 1.82) is 0 Å². The van der Waals surface area contributed by atoms with E-state index in [1.807, 2.05) is 27.7 Å². The van der Waals surface area contributed by atoms with Gasteiger partial charge in [-0.2, -0.15) is 5.10 Å². The first-order valence-electron chi connectivity index (χ1n) is 16.0. The van der Waals surface area contributed by atoms with Gasteiger partial charge in [0.25, 0.3) is 10.0 Å². The van der Waals surface area contributed by atoms with Crippen LogP contribution in [-0.2, 0) is 14.8 Å². The smallest absolute Gasteiger partial charge is 0.267 e. The van der Waals surface area contributed by atoms with Crippen LogP contribution in [0.5, 0.6) is 0 Å². The molecule has 1 saturated heterocycles. The van der Waals surface area contributed by atoms with E-state index < -0.39 is 38.1 Å². The van der Waals surface area contributed by atoms with Crippen LogP contribution in [0, 0.1) is 17.5 Å². The molecule has 254 valence electrons. The van der Waals surface area contributed by atoms with Crippen molar-refractivity contribution in [2.45, 2.75) is 43.0 Å². The molecule has 49 heavy (non-hydrogen) atoms. The molecule has 2 N–H and O–H groups in total. The van der Waals surface area contributed by atoms with Gasteiger partial charge in [0, 0.05) is 36.6 Å². The lowest BCUT2D eigenvalue weighted by molar-refractivity contribution is 0.122. The Bertz CT molecular complexity index is 2050. The second-order valence-corrected chi connectivity index (χ2v) is 13.5. The van der Waals surface area contributed by atoms with Crippen LogP contribution in [0.1, 0.15) is 38.1 Å². The predicted molar refractivity (Wildman–Crippen MR) is 178 cm³/mol. The fourth-order valence-corrected chi connectivity index (χ4v) is 7.38. The third kappa shape index (κ3) is 6.94. The number of aromatic nitrogens is 5. The van der Waals surface area contributed by atoms with E-state index in [1.165, 1.54) is 18.2 Å². The highest BCUT2D eigenvalue weighted by Gasteiger charge is 2.28. The number of pyridine rings is 1. The molecule has 0 radical (unpaired) electrons. The molecule has 5 aromatic rings. The van der Waals surface area contributed by atoms with Gasteiger partial charge in [-0.1, -0.05) is 31.4 Å². The van der Waals surface area contributed by atoms with Gasteiger partial charge in [-0.05, 0) is 55.3 Å². The molecule has 15 heteroatoms. The monoisotopic (exact) mass is 690 g/mol. The lowest BCUT2D eigenvalue weighted by Crippen LogP contribution is -2.36. The summed E-state index contributed by atoms with van der Waals surface area (Å²) in [6.45, 7) is 2.83. The lowest BCUT2D eigenvalue weighted by atomic mass is 9.96. The maximum Gasteiger partial charge on any atom is 0.267 e. The molecule has 1 aliphatic heterocycles. The minimum atomic E-state index is -4.82. The molecule has 1 saturated carbocycles. The van der Waals surface area contributed by atoms with Gasteiger partial charge in [0.1, 0.15) is 23.1 Å². The van der Waals surface area contributed by atoms with E-state index in [0.717, 1.165) is 69.2 Å². The molecule has 11 nitrogen and oxygen atoms in total. The molecule has 2 aliphatic rings. The third-order valence-electron chi connectivity index (χ3n) is 8.64. The number of sulfonamides is 1. The first-order valence-corrected chi connectivity index (χ1v) is 17.5. The zero-order valence-corrected chi connectivity index (χ0v) is 27.1. The van der Waals surface area contributed by atoms with Crippen LogP contribution in [0.15, 0.2) is 78.1 Å². The Morgan fingerprint density at radius 1 is 0.857 bits per heavy atom. The summed E-state index contributed by atoms with van der Waals surface area (Å²) in [4.78, 5) is 14.6. The molecule has 0 spiro atoms. The van der Waals surface area contributed by atoms with Gasteiger partial charge < -0.3 is 15.0 Å². The number of hydrogen-bond donors (Lipinski definition) is 2. The van der Waals surface area contributed by atoms with Crippen LogP contribution in [0.3, 0.4) is 0 Å². The van der Waals surface area contributed by atoms with Crippen molar-refractivity contribution >= 4 is 33.2 Å². The van der Waals surface area contributed by atoms with E-state index in [2.05, 4.69) is 20.2 Å². The molecular formula is C34H33F3N8O3S. The van der Waals surface area contributed by atoms with E-state index in [1.54, 1.807) is 18.5 Å². The highest BCUT2D eigenvalue weighted by atomic mass is 32.2. The van der Waals surface area contributed by atoms with Gasteiger partial charge in [0.2, 0.25) is 5.95 Å². The number of morpholine rings is 1. The molecule has 1 aliphatic carbocycles. The molecule has 3 aromatic heterocycles. The standard InChI is InChI=1S/C34H33F3N8O3S/c35-26-9-5-10-27(36)33(26)49(46,47)43-29-11-4-8-24(31(29)37)32-25(21-45(42-32)23-6-2-1-3-7-23)28-14-15-38-34(41-28)40-22-12-13-30(39-20-22)44-16-18-48-19-17-44/h4-5,8-15,20-21,23,43H,1-3,6-7,16-19H2,(H,38,40,41). The Hall–Kier alpha value is -5.02. The van der Waals surface area contributed by atoms with E-state index in [9.17, 15) is 17.2 Å². The average molecular weight is 691 g/mol. The van der Waals surface area contributed by atoms with E-state index in [4.69, 9.17) is 14.8 Å². The van der Waals surface area contributed by atoms with Gasteiger partial charge in [0.15, 0.2) is 10.7 Å². The van der Waals surface area contributed by atoms with Crippen molar-refractivity contribution < 1.29 is 26.3 Å². The van der Waals surface area contributed by atoms with E-state index in [0.29, 0.717) is 30.2 Å². The van der Waals surface area contributed by atoms with Crippen LogP contribution in [0.25, 0.3) is 22.5 Å². The van der Waals surface area contributed by atoms with Crippen molar-refractivity contribution in [2.24, 2.45) is 0 Å². The molecular weight excluding hydrogens is 657 g/mol. The number of anilines is 4. The summed E-state index contributed by atoms with van der Waals surface area (Å²) < 4.78 is 80.3. The number of hydrogen-bond acceptors (Lipinski definition) is 9. The van der Waals surface area contributed by atoms with Crippen LogP contribution in [-0.4, -0.2) is 59.5 Å². The van der Waals surface area contributed by atoms with E-state index >= 15 is 4.39 Å². The number of rotatable bonds is 9. The second-order valence-electron chi connectivity index (χ2n) is 11.9. The zero-order chi connectivity index (χ0) is 34.0. The van der Waals surface area contributed by atoms with Crippen LogP contribution < -0.4 is 14.9 Å². The molecule has 0 bridgehead atoms. The van der Waals surface area contributed by atoms with Crippen molar-refractivity contribution in [3.63, 3.8) is 0 Å². The number of benzene rings is 2. The third-order valence-corrected chi connectivity index (χ3v) is 10.1. The summed E-state index contributed by atoms with van der Waals surface area (Å²) in [7, 11) is -4.82. The molecule has 2 fully saturated rings. The molecule has 0 unspecified atom stereocenters. The number of ether oxygens (including phenoxy) is 1. The van der Waals surface area contributed by atoms with Crippen LogP contribution >= 0.6 is 0 Å². The average Bonchev–Trinajstić information content (AvgIpc) is 3.56. The molecule has 7 rings (SSSR count). The van der Waals surface area contributed by atoms with E-state index in [-0.39, 0.29) is 23.2 Å². The van der Waals surface area contributed by atoms with Gasteiger partial charge in [-0.3, -0.25) is 9.40 Å². The molecule has 2 aromatic carbocycles.